The van der Waals surface area contributed by atoms with Gasteiger partial charge in [-0.2, -0.15) is 5.26 Å². The number of nitrogens with zero attached hydrogens (tertiary/aromatic N) is 1. The monoisotopic (exact) mass is 364 g/mol. The fourth-order valence-corrected chi connectivity index (χ4v) is 2.87. The highest BCUT2D eigenvalue weighted by molar-refractivity contribution is 6.20. The molecule has 1 aromatic heterocycles. The molecule has 3 rings (SSSR count). The first-order valence-electron chi connectivity index (χ1n) is 8.32. The Labute approximate surface area is 155 Å². The molecule has 0 saturated heterocycles. The first-order valence-corrected chi connectivity index (χ1v) is 8.32. The summed E-state index contributed by atoms with van der Waals surface area (Å²) in [6, 6.07) is 11.3. The van der Waals surface area contributed by atoms with Crippen LogP contribution in [0.2, 0.25) is 0 Å². The summed E-state index contributed by atoms with van der Waals surface area (Å²) in [6.45, 7) is 2.31. The number of halogens is 1. The van der Waals surface area contributed by atoms with E-state index in [-0.39, 0.29) is 5.57 Å². The third-order valence-electron chi connectivity index (χ3n) is 4.07. The van der Waals surface area contributed by atoms with Crippen molar-refractivity contribution in [2.45, 2.75) is 6.92 Å². The third-order valence-corrected chi connectivity index (χ3v) is 4.07. The summed E-state index contributed by atoms with van der Waals surface area (Å²) in [6.07, 6.45) is 2.94. The van der Waals surface area contributed by atoms with Gasteiger partial charge in [-0.15, -0.1) is 0 Å². The molecule has 0 spiro atoms. The van der Waals surface area contributed by atoms with E-state index in [0.717, 1.165) is 0 Å². The van der Waals surface area contributed by atoms with Crippen molar-refractivity contribution in [2.24, 2.45) is 0 Å². The Hall–Kier alpha value is -3.59. The lowest BCUT2D eigenvalue weighted by atomic mass is 10.0. The highest BCUT2D eigenvalue weighted by Gasteiger charge is 2.18. The molecule has 0 aliphatic carbocycles. The summed E-state index contributed by atoms with van der Waals surface area (Å²) in [5, 5.41) is 10.1. The number of allylic oxidation sites excluding steroid dienone is 1. The minimum atomic E-state index is -0.459. The lowest BCUT2D eigenvalue weighted by molar-refractivity contribution is 0.104. The highest BCUT2D eigenvalue weighted by atomic mass is 19.1. The van der Waals surface area contributed by atoms with E-state index >= 15 is 0 Å². The van der Waals surface area contributed by atoms with Gasteiger partial charge < -0.3 is 14.5 Å². The van der Waals surface area contributed by atoms with Crippen molar-refractivity contribution in [1.82, 2.24) is 4.98 Å². The molecule has 136 valence electrons. The lowest BCUT2D eigenvalue weighted by Gasteiger charge is -2.11. The molecule has 0 amide bonds. The van der Waals surface area contributed by atoms with Crippen LogP contribution in [0.25, 0.3) is 17.0 Å². The Morgan fingerprint density at radius 1 is 1.33 bits per heavy atom. The van der Waals surface area contributed by atoms with E-state index < -0.39 is 11.6 Å². The molecule has 0 unspecified atom stereocenters. The number of hydrogen-bond donors (Lipinski definition) is 1. The number of aromatic amines is 1. The molecule has 0 aliphatic heterocycles. The molecule has 5 nitrogen and oxygen atoms in total. The number of hydrogen-bond acceptors (Lipinski definition) is 4. The van der Waals surface area contributed by atoms with Crippen LogP contribution >= 0.6 is 0 Å². The molecular weight excluding hydrogens is 347 g/mol. The smallest absolute Gasteiger partial charge is 0.205 e. The first-order chi connectivity index (χ1) is 13.1. The van der Waals surface area contributed by atoms with E-state index in [1.807, 2.05) is 13.0 Å². The number of benzene rings is 2. The number of ether oxygens (including phenoxy) is 2. The Bertz CT molecular complexity index is 1080. The number of carbonyl (C=O) groups is 1. The molecule has 3 aromatic rings. The van der Waals surface area contributed by atoms with E-state index in [2.05, 4.69) is 4.98 Å². The van der Waals surface area contributed by atoms with Gasteiger partial charge in [-0.25, -0.2) is 4.39 Å². The molecule has 27 heavy (non-hydrogen) atoms. The van der Waals surface area contributed by atoms with Gasteiger partial charge in [0.25, 0.3) is 0 Å². The minimum Gasteiger partial charge on any atom is -0.492 e. The van der Waals surface area contributed by atoms with Crippen LogP contribution in [0.15, 0.2) is 48.2 Å². The average Bonchev–Trinajstić information content (AvgIpc) is 3.08. The number of rotatable bonds is 6. The van der Waals surface area contributed by atoms with Crippen molar-refractivity contribution in [3.63, 3.8) is 0 Å². The summed E-state index contributed by atoms with van der Waals surface area (Å²) in [7, 11) is 1.50. The van der Waals surface area contributed by atoms with Crippen LogP contribution in [0.3, 0.4) is 0 Å². The number of fused-ring (bicyclic) bond motifs is 1. The van der Waals surface area contributed by atoms with Crippen LogP contribution < -0.4 is 9.47 Å². The molecule has 1 heterocycles. The first kappa shape index (κ1) is 18.2. The molecule has 0 atom stereocenters. The van der Waals surface area contributed by atoms with Gasteiger partial charge in [0.2, 0.25) is 5.78 Å². The van der Waals surface area contributed by atoms with Crippen LogP contribution in [0, 0.1) is 17.1 Å². The lowest BCUT2D eigenvalue weighted by Crippen LogP contribution is -2.02. The quantitative estimate of drug-likeness (QED) is 0.397. The van der Waals surface area contributed by atoms with Crippen LogP contribution in [0.1, 0.15) is 22.8 Å². The summed E-state index contributed by atoms with van der Waals surface area (Å²) < 4.78 is 24.3. The zero-order valence-corrected chi connectivity index (χ0v) is 14.9. The SMILES string of the molecule is CCOc1cccc(/C=C(\C#N)C(=O)c2c[nH]c3cc(F)ccc23)c1OC. The molecule has 0 saturated carbocycles. The molecule has 2 aromatic carbocycles. The molecule has 0 aliphatic rings. The number of methoxy groups -OCH3 is 1. The number of carbonyl (C=O) groups excluding carboxylic acids is 1. The zero-order valence-electron chi connectivity index (χ0n) is 14.9. The molecule has 0 fully saturated rings. The number of Topliss-reactive ketones (excluding diaryl/α,β-unsaturated/α-hetero) is 1. The Morgan fingerprint density at radius 3 is 2.85 bits per heavy atom. The third kappa shape index (κ3) is 3.53. The Balaban J connectivity index is 2.05. The maximum atomic E-state index is 13.3. The van der Waals surface area contributed by atoms with Crippen molar-refractivity contribution >= 4 is 22.8 Å². The van der Waals surface area contributed by atoms with Gasteiger partial charge in [0.1, 0.15) is 17.5 Å². The van der Waals surface area contributed by atoms with Gasteiger partial charge in [0, 0.05) is 28.2 Å². The van der Waals surface area contributed by atoms with Crippen molar-refractivity contribution in [1.29, 1.82) is 5.26 Å². The minimum absolute atomic E-state index is 0.0628. The zero-order chi connectivity index (χ0) is 19.4. The Morgan fingerprint density at radius 2 is 2.15 bits per heavy atom. The van der Waals surface area contributed by atoms with Gasteiger partial charge in [0.05, 0.1) is 13.7 Å². The van der Waals surface area contributed by atoms with Crippen molar-refractivity contribution in [3.05, 3.63) is 65.1 Å². The van der Waals surface area contributed by atoms with E-state index in [4.69, 9.17) is 9.47 Å². The van der Waals surface area contributed by atoms with Crippen molar-refractivity contribution in [3.8, 4) is 17.6 Å². The van der Waals surface area contributed by atoms with E-state index in [1.165, 1.54) is 37.6 Å². The predicted octanol–water partition coefficient (Wildman–Crippen LogP) is 4.50. The van der Waals surface area contributed by atoms with Gasteiger partial charge in [-0.1, -0.05) is 12.1 Å². The van der Waals surface area contributed by atoms with E-state index in [1.54, 1.807) is 18.2 Å². The van der Waals surface area contributed by atoms with Gasteiger partial charge >= 0.3 is 0 Å². The second-order valence-corrected chi connectivity index (χ2v) is 5.70. The number of ketones is 1. The number of para-hydroxylation sites is 1. The van der Waals surface area contributed by atoms with Crippen LogP contribution in [-0.2, 0) is 0 Å². The van der Waals surface area contributed by atoms with Crippen LogP contribution in [-0.4, -0.2) is 24.5 Å². The topological polar surface area (TPSA) is 75.1 Å². The largest absolute Gasteiger partial charge is 0.492 e. The number of H-pyrrole nitrogens is 1. The Kier molecular flexibility index (Phi) is 5.23. The van der Waals surface area contributed by atoms with Gasteiger partial charge in [-0.05, 0) is 37.3 Å². The maximum absolute atomic E-state index is 13.3. The molecule has 0 radical (unpaired) electrons. The second-order valence-electron chi connectivity index (χ2n) is 5.70. The van der Waals surface area contributed by atoms with Gasteiger partial charge in [-0.3, -0.25) is 4.79 Å². The summed E-state index contributed by atoms with van der Waals surface area (Å²) in [4.78, 5) is 15.7. The second kappa shape index (κ2) is 7.75. The van der Waals surface area contributed by atoms with Crippen molar-refractivity contribution < 1.29 is 18.7 Å². The van der Waals surface area contributed by atoms with E-state index in [9.17, 15) is 14.4 Å². The molecular formula is C21H17FN2O3. The molecule has 0 bridgehead atoms. The van der Waals surface area contributed by atoms with Crippen LogP contribution in [0.4, 0.5) is 4.39 Å². The van der Waals surface area contributed by atoms with Gasteiger partial charge in [0.15, 0.2) is 11.5 Å². The number of nitriles is 1. The fraction of sp³-hybridized carbons (Fsp3) is 0.143. The summed E-state index contributed by atoms with van der Waals surface area (Å²) in [5.41, 5.74) is 1.29. The maximum Gasteiger partial charge on any atom is 0.205 e. The normalized spacial score (nSPS) is 11.3. The summed E-state index contributed by atoms with van der Waals surface area (Å²) >= 11 is 0. The fourth-order valence-electron chi connectivity index (χ4n) is 2.87. The van der Waals surface area contributed by atoms with E-state index in [0.29, 0.717) is 40.1 Å². The van der Waals surface area contributed by atoms with Crippen molar-refractivity contribution in [2.75, 3.05) is 13.7 Å². The highest BCUT2D eigenvalue weighted by Crippen LogP contribution is 2.33. The average molecular weight is 364 g/mol. The molecule has 6 heteroatoms. The summed E-state index contributed by atoms with van der Waals surface area (Å²) in [5.74, 6) is 0.109. The standard InChI is InChI=1S/C21H17FN2O3/c1-3-27-19-6-4-5-13(21(19)26-2)9-14(11-23)20(25)17-12-24-18-10-15(22)7-8-16(17)18/h4-10,12,24H,3H2,1-2H3/b14-9+. The number of aromatic nitrogens is 1. The predicted molar refractivity (Wildman–Crippen MR) is 100 cm³/mol. The van der Waals surface area contributed by atoms with Crippen LogP contribution in [0.5, 0.6) is 11.5 Å². The number of nitrogens with one attached hydrogen (secondary N) is 1. The molecule has 1 N–H and O–H groups in total.